The fourth-order valence-electron chi connectivity index (χ4n) is 2.75. The normalized spacial score (nSPS) is 22.5. The average Bonchev–Trinajstić information content (AvgIpc) is 2.89. The average molecular weight is 281 g/mol. The molecule has 1 aromatic rings. The second-order valence-corrected chi connectivity index (χ2v) is 6.22. The summed E-state index contributed by atoms with van der Waals surface area (Å²) < 4.78 is 32.0. The quantitative estimate of drug-likeness (QED) is 0.792. The topological polar surface area (TPSA) is 29.5 Å². The summed E-state index contributed by atoms with van der Waals surface area (Å²) in [5, 5.41) is 0. The zero-order chi connectivity index (χ0) is 14.5. The van der Waals surface area contributed by atoms with Crippen LogP contribution in [0.4, 0.5) is 8.78 Å². The molecule has 0 unspecified atom stereocenters. The lowest BCUT2D eigenvalue weighted by molar-refractivity contribution is 0.0120. The van der Waals surface area contributed by atoms with Gasteiger partial charge < -0.3 is 9.64 Å². The van der Waals surface area contributed by atoms with Crippen molar-refractivity contribution in [2.24, 2.45) is 0 Å². The second kappa shape index (κ2) is 4.17. The molecule has 0 spiro atoms. The summed E-state index contributed by atoms with van der Waals surface area (Å²) in [6.07, 6.45) is -0.252. The largest absolute Gasteiger partial charge is 0.492 e. The Balaban J connectivity index is 1.87. The van der Waals surface area contributed by atoms with Gasteiger partial charge in [-0.3, -0.25) is 4.79 Å². The van der Waals surface area contributed by atoms with Gasteiger partial charge in [-0.2, -0.15) is 0 Å². The first-order chi connectivity index (χ1) is 9.28. The molecule has 1 saturated heterocycles. The van der Waals surface area contributed by atoms with Gasteiger partial charge >= 0.3 is 0 Å². The number of hydrogen-bond donors (Lipinski definition) is 0. The van der Waals surface area contributed by atoms with Gasteiger partial charge in [0.15, 0.2) is 0 Å². The molecule has 0 N–H and O–H groups in total. The first-order valence-electron chi connectivity index (χ1n) is 6.73. The number of halogens is 2. The van der Waals surface area contributed by atoms with E-state index in [4.69, 9.17) is 4.74 Å². The first-order valence-corrected chi connectivity index (χ1v) is 6.73. The summed E-state index contributed by atoms with van der Waals surface area (Å²) in [4.78, 5) is 13.5. The molecule has 108 valence electrons. The maximum atomic E-state index is 13.2. The molecule has 1 fully saturated rings. The van der Waals surface area contributed by atoms with Gasteiger partial charge in [0, 0.05) is 29.5 Å². The van der Waals surface area contributed by atoms with Gasteiger partial charge in [0.25, 0.3) is 11.8 Å². The zero-order valence-electron chi connectivity index (χ0n) is 11.6. The van der Waals surface area contributed by atoms with Crippen molar-refractivity contribution in [1.29, 1.82) is 0 Å². The van der Waals surface area contributed by atoms with Crippen LogP contribution in [0.3, 0.4) is 0 Å². The monoisotopic (exact) mass is 281 g/mol. The lowest BCUT2D eigenvalue weighted by Crippen LogP contribution is -2.31. The smallest absolute Gasteiger partial charge is 0.267 e. The van der Waals surface area contributed by atoms with Crippen LogP contribution in [0, 0.1) is 0 Å². The first kappa shape index (κ1) is 13.3. The van der Waals surface area contributed by atoms with Crippen molar-refractivity contribution in [1.82, 2.24) is 4.90 Å². The zero-order valence-corrected chi connectivity index (χ0v) is 11.6. The van der Waals surface area contributed by atoms with Crippen LogP contribution >= 0.6 is 0 Å². The van der Waals surface area contributed by atoms with E-state index in [0.717, 1.165) is 11.3 Å². The summed E-state index contributed by atoms with van der Waals surface area (Å²) in [6, 6.07) is 5.19. The van der Waals surface area contributed by atoms with Gasteiger partial charge in [0.2, 0.25) is 0 Å². The molecule has 1 amide bonds. The number of likely N-dealkylation sites (tertiary alicyclic amines) is 1. The van der Waals surface area contributed by atoms with E-state index in [1.165, 1.54) is 4.90 Å². The molecule has 0 aliphatic carbocycles. The van der Waals surface area contributed by atoms with Crippen molar-refractivity contribution in [2.45, 2.75) is 31.6 Å². The van der Waals surface area contributed by atoms with Crippen molar-refractivity contribution in [3.05, 3.63) is 29.3 Å². The van der Waals surface area contributed by atoms with Crippen molar-refractivity contribution in [3.8, 4) is 5.75 Å². The van der Waals surface area contributed by atoms with Crippen LogP contribution in [0.2, 0.25) is 0 Å². The van der Waals surface area contributed by atoms with E-state index in [0.29, 0.717) is 12.2 Å². The molecule has 2 heterocycles. The standard InChI is InChI=1S/C15H17F2NO2/c1-14(2)9-20-12-4-3-10(7-11(12)14)13(19)18-6-5-15(16,17)8-18/h3-4,7H,5-6,8-9H2,1-2H3. The number of carbonyl (C=O) groups is 1. The Hall–Kier alpha value is -1.65. The number of fused-ring (bicyclic) bond motifs is 1. The number of nitrogens with zero attached hydrogens (tertiary/aromatic N) is 1. The molecule has 5 heteroatoms. The Kier molecular flexibility index (Phi) is 2.78. The Morgan fingerprint density at radius 2 is 2.10 bits per heavy atom. The lowest BCUT2D eigenvalue weighted by atomic mass is 9.86. The summed E-state index contributed by atoms with van der Waals surface area (Å²) >= 11 is 0. The van der Waals surface area contributed by atoms with Gasteiger partial charge in [0.1, 0.15) is 5.75 Å². The van der Waals surface area contributed by atoms with Crippen molar-refractivity contribution in [3.63, 3.8) is 0 Å². The molecule has 0 atom stereocenters. The number of ether oxygens (including phenoxy) is 1. The maximum Gasteiger partial charge on any atom is 0.267 e. The van der Waals surface area contributed by atoms with Crippen LogP contribution in [-0.4, -0.2) is 36.4 Å². The molecule has 0 radical (unpaired) electrons. The number of alkyl halides is 2. The van der Waals surface area contributed by atoms with E-state index in [2.05, 4.69) is 0 Å². The molecule has 0 saturated carbocycles. The lowest BCUT2D eigenvalue weighted by Gasteiger charge is -2.18. The van der Waals surface area contributed by atoms with Crippen LogP contribution in [0.5, 0.6) is 5.75 Å². The summed E-state index contributed by atoms with van der Waals surface area (Å²) in [7, 11) is 0. The Labute approximate surface area is 116 Å². The van der Waals surface area contributed by atoms with E-state index < -0.39 is 12.5 Å². The van der Waals surface area contributed by atoms with E-state index in [1.54, 1.807) is 18.2 Å². The fourth-order valence-corrected chi connectivity index (χ4v) is 2.75. The molecule has 2 aliphatic heterocycles. The minimum Gasteiger partial charge on any atom is -0.492 e. The third-order valence-electron chi connectivity index (χ3n) is 4.00. The van der Waals surface area contributed by atoms with Gasteiger partial charge in [-0.1, -0.05) is 13.8 Å². The Morgan fingerprint density at radius 1 is 1.35 bits per heavy atom. The van der Waals surface area contributed by atoms with E-state index in [1.807, 2.05) is 13.8 Å². The number of rotatable bonds is 1. The third-order valence-corrected chi connectivity index (χ3v) is 4.00. The third kappa shape index (κ3) is 2.15. The number of carbonyl (C=O) groups excluding carboxylic acids is 1. The highest BCUT2D eigenvalue weighted by Crippen LogP contribution is 2.39. The minimum atomic E-state index is -2.76. The Bertz CT molecular complexity index is 569. The predicted molar refractivity (Wildman–Crippen MR) is 70.4 cm³/mol. The van der Waals surface area contributed by atoms with Crippen LogP contribution < -0.4 is 4.74 Å². The highest BCUT2D eigenvalue weighted by molar-refractivity contribution is 5.95. The van der Waals surface area contributed by atoms with Gasteiger partial charge in [-0.25, -0.2) is 8.78 Å². The number of benzene rings is 1. The molecule has 20 heavy (non-hydrogen) atoms. The van der Waals surface area contributed by atoms with Gasteiger partial charge in [-0.15, -0.1) is 0 Å². The van der Waals surface area contributed by atoms with Gasteiger partial charge in [0.05, 0.1) is 13.2 Å². The number of amides is 1. The molecule has 3 nitrogen and oxygen atoms in total. The van der Waals surface area contributed by atoms with E-state index in [9.17, 15) is 13.6 Å². The maximum absolute atomic E-state index is 13.2. The summed E-state index contributed by atoms with van der Waals surface area (Å²) in [5.41, 5.74) is 1.27. The molecule has 0 aromatic heterocycles. The molecule has 0 bridgehead atoms. The van der Waals surface area contributed by atoms with Gasteiger partial charge in [-0.05, 0) is 18.2 Å². The summed E-state index contributed by atoms with van der Waals surface area (Å²) in [5.74, 6) is -2.31. The van der Waals surface area contributed by atoms with Crippen LogP contribution in [-0.2, 0) is 5.41 Å². The SMILES string of the molecule is CC1(C)COc2ccc(C(=O)N3CCC(F)(F)C3)cc21. The number of hydrogen-bond acceptors (Lipinski definition) is 2. The molecule has 3 rings (SSSR count). The van der Waals surface area contributed by atoms with Crippen LogP contribution in [0.15, 0.2) is 18.2 Å². The molecular formula is C15H17F2NO2. The highest BCUT2D eigenvalue weighted by atomic mass is 19.3. The minimum absolute atomic E-state index is 0.114. The second-order valence-electron chi connectivity index (χ2n) is 6.22. The summed E-state index contributed by atoms with van der Waals surface area (Å²) in [6.45, 7) is 4.28. The molecule has 1 aromatic carbocycles. The molecular weight excluding hydrogens is 264 g/mol. The van der Waals surface area contributed by atoms with Crippen molar-refractivity contribution >= 4 is 5.91 Å². The fraction of sp³-hybridized carbons (Fsp3) is 0.533. The predicted octanol–water partition coefficient (Wildman–Crippen LogP) is 2.84. The van der Waals surface area contributed by atoms with Crippen molar-refractivity contribution < 1.29 is 18.3 Å². The van der Waals surface area contributed by atoms with Crippen LogP contribution in [0.25, 0.3) is 0 Å². The van der Waals surface area contributed by atoms with E-state index >= 15 is 0 Å². The van der Waals surface area contributed by atoms with Crippen molar-refractivity contribution in [2.75, 3.05) is 19.7 Å². The highest BCUT2D eigenvalue weighted by Gasteiger charge is 2.41. The molecule has 2 aliphatic rings. The van der Waals surface area contributed by atoms with Crippen LogP contribution in [0.1, 0.15) is 36.2 Å². The van der Waals surface area contributed by atoms with E-state index in [-0.39, 0.29) is 24.3 Å². The Morgan fingerprint density at radius 3 is 2.75 bits per heavy atom.